The van der Waals surface area contributed by atoms with Crippen molar-refractivity contribution in [3.8, 4) is 5.75 Å². The van der Waals surface area contributed by atoms with Gasteiger partial charge in [-0.05, 0) is 65.8 Å². The molecule has 0 fully saturated rings. The Hall–Kier alpha value is -5.27. The van der Waals surface area contributed by atoms with Gasteiger partial charge in [-0.2, -0.15) is 11.8 Å². The molecule has 3 aromatic carbocycles. The van der Waals surface area contributed by atoms with Crippen molar-refractivity contribution in [3.63, 3.8) is 0 Å². The van der Waals surface area contributed by atoms with Gasteiger partial charge in [0, 0.05) is 47.0 Å². The largest absolute Gasteiger partial charge is 0.508 e. The van der Waals surface area contributed by atoms with Crippen LogP contribution in [0.5, 0.6) is 5.75 Å². The summed E-state index contributed by atoms with van der Waals surface area (Å²) in [5.41, 5.74) is 10.3. The molecule has 5 rings (SSSR count). The molecule has 13 heteroatoms. The third kappa shape index (κ3) is 9.00. The maximum absolute atomic E-state index is 13.8. The highest BCUT2D eigenvalue weighted by Gasteiger charge is 2.31. The summed E-state index contributed by atoms with van der Waals surface area (Å²) in [6.45, 7) is 0. The van der Waals surface area contributed by atoms with E-state index < -0.39 is 47.9 Å². The number of benzene rings is 3. The van der Waals surface area contributed by atoms with E-state index >= 15 is 0 Å². The van der Waals surface area contributed by atoms with Crippen LogP contribution < -0.4 is 21.7 Å². The summed E-state index contributed by atoms with van der Waals surface area (Å²) >= 11 is 1.50. The predicted molar refractivity (Wildman–Crippen MR) is 190 cm³/mol. The number of aromatic hydroxyl groups is 1. The van der Waals surface area contributed by atoms with Crippen molar-refractivity contribution < 1.29 is 29.4 Å². The first-order valence-electron chi connectivity index (χ1n) is 15.9. The fraction of sp³-hybridized carbons (Fsp3) is 0.278. The molecule has 3 amide bonds. The van der Waals surface area contributed by atoms with Crippen molar-refractivity contribution in [2.75, 3.05) is 12.0 Å². The number of hydrogen-bond acceptors (Lipinski definition) is 7. The van der Waals surface area contributed by atoms with Gasteiger partial charge in [0.15, 0.2) is 0 Å². The minimum Gasteiger partial charge on any atom is -0.508 e. The van der Waals surface area contributed by atoms with Gasteiger partial charge in [0.05, 0.1) is 6.04 Å². The summed E-state index contributed by atoms with van der Waals surface area (Å²) in [5, 5.41) is 29.6. The number of para-hydroxylation sites is 2. The van der Waals surface area contributed by atoms with Crippen molar-refractivity contribution in [1.82, 2.24) is 25.9 Å². The van der Waals surface area contributed by atoms with Crippen LogP contribution in [0.1, 0.15) is 23.1 Å². The summed E-state index contributed by atoms with van der Waals surface area (Å²) < 4.78 is 0. The minimum absolute atomic E-state index is 0.0307. The number of phenols is 1. The molecule has 0 radical (unpaired) electrons. The van der Waals surface area contributed by atoms with Gasteiger partial charge < -0.3 is 41.9 Å². The summed E-state index contributed by atoms with van der Waals surface area (Å²) in [6.07, 6.45) is 5.97. The zero-order valence-electron chi connectivity index (χ0n) is 26.9. The van der Waals surface area contributed by atoms with E-state index in [9.17, 15) is 29.4 Å². The Bertz CT molecular complexity index is 1920. The summed E-state index contributed by atoms with van der Waals surface area (Å²) in [4.78, 5) is 59.5. The second-order valence-corrected chi connectivity index (χ2v) is 12.9. The normalized spacial score (nSPS) is 13.8. The molecule has 0 aliphatic carbocycles. The van der Waals surface area contributed by atoms with E-state index in [1.165, 1.54) is 23.9 Å². The SMILES string of the molecule is CSCCC(NC(=O)C(N)Cc1c[nH]c2ccccc12)C(=O)NC(Cc1c[nH]c2ccccc12)C(=O)NC(Cc1ccc(O)cc1)C(=O)O. The molecule has 49 heavy (non-hydrogen) atoms. The molecule has 0 spiro atoms. The van der Waals surface area contributed by atoms with Crippen LogP contribution in [0, 0.1) is 0 Å². The minimum atomic E-state index is -1.31. The topological polar surface area (TPSA) is 202 Å². The number of carboxylic acid groups (broad SMARTS) is 1. The molecule has 0 bridgehead atoms. The van der Waals surface area contributed by atoms with Crippen molar-refractivity contribution in [2.45, 2.75) is 49.9 Å². The van der Waals surface area contributed by atoms with Gasteiger partial charge in [-0.25, -0.2) is 4.79 Å². The van der Waals surface area contributed by atoms with E-state index in [1.807, 2.05) is 61.0 Å². The zero-order valence-corrected chi connectivity index (χ0v) is 27.8. The Labute approximate surface area is 287 Å². The number of aromatic nitrogens is 2. The van der Waals surface area contributed by atoms with Crippen LogP contribution in [0.15, 0.2) is 85.2 Å². The van der Waals surface area contributed by atoms with Crippen molar-refractivity contribution >= 4 is 57.3 Å². The van der Waals surface area contributed by atoms with E-state index in [-0.39, 0.29) is 31.4 Å². The lowest BCUT2D eigenvalue weighted by Crippen LogP contribution is -2.58. The Balaban J connectivity index is 1.34. The molecule has 256 valence electrons. The fourth-order valence-electron chi connectivity index (χ4n) is 5.76. The summed E-state index contributed by atoms with van der Waals surface area (Å²) in [7, 11) is 0. The van der Waals surface area contributed by atoms with Gasteiger partial charge in [0.1, 0.15) is 23.9 Å². The molecule has 0 aliphatic heterocycles. The second kappa shape index (κ2) is 16.2. The molecular formula is C36H40N6O6S. The molecule has 0 aliphatic rings. The number of H-pyrrole nitrogens is 2. The number of carbonyl (C=O) groups excluding carboxylic acids is 3. The van der Waals surface area contributed by atoms with Crippen molar-refractivity contribution in [3.05, 3.63) is 102 Å². The highest BCUT2D eigenvalue weighted by atomic mass is 32.2. The zero-order chi connectivity index (χ0) is 34.9. The molecule has 2 heterocycles. The first kappa shape index (κ1) is 35.0. The number of phenolic OH excluding ortho intramolecular Hbond substituents is 1. The predicted octanol–water partition coefficient (Wildman–Crippen LogP) is 3.00. The van der Waals surface area contributed by atoms with E-state index in [0.717, 1.165) is 32.9 Å². The number of hydrogen-bond donors (Lipinski definition) is 8. The fourth-order valence-corrected chi connectivity index (χ4v) is 6.23. The molecule has 9 N–H and O–H groups in total. The number of thioether (sulfide) groups is 1. The molecule has 0 saturated heterocycles. The van der Waals surface area contributed by atoms with Crippen LogP contribution in [0.4, 0.5) is 0 Å². The number of nitrogens with one attached hydrogen (secondary N) is 5. The molecule has 12 nitrogen and oxygen atoms in total. The lowest BCUT2D eigenvalue weighted by Gasteiger charge is -2.25. The standard InChI is InChI=1S/C36H40N6O6S/c1-49-15-14-30(40-33(44)27(37)17-22-19-38-28-8-4-2-6-25(22)28)34(45)41-31(18-23-20-39-29-9-5-3-7-26(23)29)35(46)42-32(36(47)48)16-21-10-12-24(43)13-11-21/h2-13,19-20,27,30-32,38-39,43H,14-18,37H2,1H3,(H,40,44)(H,41,45)(H,42,46)(H,47,48). The Morgan fingerprint density at radius 3 is 1.84 bits per heavy atom. The number of aliphatic carboxylic acids is 1. The van der Waals surface area contributed by atoms with Crippen LogP contribution >= 0.6 is 11.8 Å². The monoisotopic (exact) mass is 684 g/mol. The van der Waals surface area contributed by atoms with Crippen LogP contribution in [-0.2, 0) is 38.4 Å². The smallest absolute Gasteiger partial charge is 0.326 e. The second-order valence-electron chi connectivity index (χ2n) is 11.9. The van der Waals surface area contributed by atoms with E-state index in [0.29, 0.717) is 11.3 Å². The Morgan fingerprint density at radius 2 is 1.24 bits per heavy atom. The van der Waals surface area contributed by atoms with Gasteiger partial charge in [-0.3, -0.25) is 14.4 Å². The number of rotatable bonds is 16. The number of fused-ring (bicyclic) bond motifs is 2. The third-order valence-electron chi connectivity index (χ3n) is 8.42. The maximum atomic E-state index is 13.8. The van der Waals surface area contributed by atoms with E-state index in [2.05, 4.69) is 25.9 Å². The molecular weight excluding hydrogens is 644 g/mol. The van der Waals surface area contributed by atoms with Gasteiger partial charge in [0.25, 0.3) is 0 Å². The first-order valence-corrected chi connectivity index (χ1v) is 17.3. The average molecular weight is 685 g/mol. The van der Waals surface area contributed by atoms with Crippen LogP contribution in [-0.4, -0.2) is 80.0 Å². The van der Waals surface area contributed by atoms with Gasteiger partial charge in [-0.15, -0.1) is 0 Å². The molecule has 4 unspecified atom stereocenters. The highest BCUT2D eigenvalue weighted by Crippen LogP contribution is 2.21. The molecule has 5 aromatic rings. The Morgan fingerprint density at radius 1 is 0.714 bits per heavy atom. The third-order valence-corrected chi connectivity index (χ3v) is 9.06. The number of aromatic amines is 2. The quantitative estimate of drug-likeness (QED) is 0.0775. The van der Waals surface area contributed by atoms with Gasteiger partial charge >= 0.3 is 5.97 Å². The van der Waals surface area contributed by atoms with E-state index in [1.54, 1.807) is 18.3 Å². The molecule has 4 atom stereocenters. The summed E-state index contributed by atoms with van der Waals surface area (Å²) in [6, 6.07) is 16.8. The summed E-state index contributed by atoms with van der Waals surface area (Å²) in [5.74, 6) is -2.48. The number of amides is 3. The van der Waals surface area contributed by atoms with Crippen molar-refractivity contribution in [2.24, 2.45) is 5.73 Å². The first-order chi connectivity index (χ1) is 23.6. The van der Waals surface area contributed by atoms with Crippen LogP contribution in [0.2, 0.25) is 0 Å². The van der Waals surface area contributed by atoms with E-state index in [4.69, 9.17) is 5.73 Å². The van der Waals surface area contributed by atoms with Gasteiger partial charge in [0.2, 0.25) is 17.7 Å². The average Bonchev–Trinajstić information content (AvgIpc) is 3.70. The lowest BCUT2D eigenvalue weighted by molar-refractivity contribution is -0.142. The Kier molecular flexibility index (Phi) is 11.6. The highest BCUT2D eigenvalue weighted by molar-refractivity contribution is 7.98. The van der Waals surface area contributed by atoms with Gasteiger partial charge in [-0.1, -0.05) is 48.5 Å². The number of carboxylic acids is 1. The molecule has 0 saturated carbocycles. The number of carbonyl (C=O) groups is 4. The number of nitrogens with two attached hydrogens (primary N) is 1. The van der Waals surface area contributed by atoms with Crippen LogP contribution in [0.25, 0.3) is 21.8 Å². The van der Waals surface area contributed by atoms with Crippen molar-refractivity contribution in [1.29, 1.82) is 0 Å². The lowest BCUT2D eigenvalue weighted by atomic mass is 10.0. The van der Waals surface area contributed by atoms with Crippen LogP contribution in [0.3, 0.4) is 0 Å². The molecule has 2 aromatic heterocycles. The maximum Gasteiger partial charge on any atom is 0.326 e.